The smallest absolute Gasteiger partial charge is 0.796 e. The number of thioether (sulfide) groups is 5. The van der Waals surface area contributed by atoms with Crippen LogP contribution in [-0.4, -0.2) is 194 Å². The summed E-state index contributed by atoms with van der Waals surface area (Å²) >= 11 is 59.9. The molecule has 46 heteroatoms. The van der Waals surface area contributed by atoms with Crippen molar-refractivity contribution in [2.75, 3.05) is 82.9 Å². The molecule has 0 aliphatic carbocycles. The minimum atomic E-state index is -2.33. The monoisotopic (exact) mass is 2270 g/mol. The molecule has 0 spiro atoms. The van der Waals surface area contributed by atoms with Gasteiger partial charge in [-0.2, -0.15) is 6.26 Å². The van der Waals surface area contributed by atoms with Gasteiger partial charge in [0.15, 0.2) is 16.8 Å². The van der Waals surface area contributed by atoms with Crippen molar-refractivity contribution >= 4 is 267 Å². The van der Waals surface area contributed by atoms with E-state index in [0.717, 1.165) is 28.8 Å². The van der Waals surface area contributed by atoms with Crippen LogP contribution in [0.25, 0.3) is 34.2 Å². The number of hydrogen-bond donors (Lipinski definition) is 2. The van der Waals surface area contributed by atoms with Crippen LogP contribution in [0.1, 0.15) is 59.3 Å². The Kier molecular flexibility index (Phi) is 57.0. The predicted octanol–water partition coefficient (Wildman–Crippen LogP) is 19.2. The zero-order valence-electron chi connectivity index (χ0n) is 68.2. The van der Waals surface area contributed by atoms with E-state index in [1.165, 1.54) is 152 Å². The summed E-state index contributed by atoms with van der Waals surface area (Å²) in [7, 11) is 4.72. The minimum Gasteiger partial charge on any atom is -0.796 e. The van der Waals surface area contributed by atoms with E-state index in [0.29, 0.717) is 116 Å². The average molecular weight is 2280 g/mol. The molecule has 0 aliphatic rings. The largest absolute Gasteiger partial charge is 1.00 e. The summed E-state index contributed by atoms with van der Waals surface area (Å²) < 4.78 is 39.8. The molecule has 1 atom stereocenters. The van der Waals surface area contributed by atoms with Gasteiger partial charge in [0.25, 0.3) is 0 Å². The fourth-order valence-electron chi connectivity index (χ4n) is 9.96. The molecule has 10 heterocycles. The Morgan fingerprint density at radius 1 is 0.397 bits per heavy atom. The number of halogens is 10. The number of hydrogen-bond acceptors (Lipinski definition) is 33. The van der Waals surface area contributed by atoms with Gasteiger partial charge in [-0.3, -0.25) is 4.21 Å². The maximum atomic E-state index is 11.7. The van der Waals surface area contributed by atoms with Crippen LogP contribution in [0.3, 0.4) is 0 Å². The fourth-order valence-corrected chi connectivity index (χ4v) is 30.6. The van der Waals surface area contributed by atoms with E-state index in [-0.39, 0.29) is 63.6 Å². The first-order valence-corrected chi connectivity index (χ1v) is 55.2. The number of ether oxygens (including phenoxy) is 4. The van der Waals surface area contributed by atoms with Gasteiger partial charge in [-0.1, -0.05) is 92.8 Å². The number of methoxy groups -OCH3 is 4. The van der Waals surface area contributed by atoms with E-state index in [1.807, 2.05) is 49.5 Å². The van der Waals surface area contributed by atoms with E-state index in [2.05, 4.69) is 174 Å². The van der Waals surface area contributed by atoms with Crippen LogP contribution >= 0.6 is 198 Å². The van der Waals surface area contributed by atoms with Crippen molar-refractivity contribution in [1.82, 2.24) is 99.7 Å². The molecule has 0 radical (unpaired) electrons. The van der Waals surface area contributed by atoms with Crippen molar-refractivity contribution in [3.8, 4) is 57.2 Å². The van der Waals surface area contributed by atoms with Gasteiger partial charge in [0, 0.05) is 79.8 Å². The summed E-state index contributed by atoms with van der Waals surface area (Å²) in [6, 6.07) is 15.9. The average Bonchev–Trinajstić information content (AvgIpc) is 0.816. The van der Waals surface area contributed by atoms with Crippen molar-refractivity contribution in [3.05, 3.63) is 180 Å². The summed E-state index contributed by atoms with van der Waals surface area (Å²) in [4.78, 5) is 82.3. The van der Waals surface area contributed by atoms with Gasteiger partial charge in [-0.15, -0.1) is 71.0 Å². The molecule has 0 aliphatic heterocycles. The van der Waals surface area contributed by atoms with E-state index in [4.69, 9.17) is 117 Å². The van der Waals surface area contributed by atoms with Gasteiger partial charge in [0.05, 0.1) is 77.7 Å². The molecule has 0 amide bonds. The quantitative estimate of drug-likeness (QED) is 0.0159. The second kappa shape index (κ2) is 62.1. The van der Waals surface area contributed by atoms with E-state index >= 15 is 0 Å². The minimum absolute atomic E-state index is 0. The molecule has 1 unspecified atom stereocenters. The second-order valence-electron chi connectivity index (χ2n) is 23.1. The first kappa shape index (κ1) is 111. The number of anilines is 4. The summed E-state index contributed by atoms with van der Waals surface area (Å²) in [5.74, 6) is 2.36. The van der Waals surface area contributed by atoms with Gasteiger partial charge in [-0.05, 0) is 59.7 Å². The number of nitrogens with zero attached hydrogens (tertiary/aromatic N) is 20. The normalized spacial score (nSPS) is 10.5. The van der Waals surface area contributed by atoms with Gasteiger partial charge >= 0.3 is 170 Å². The molecule has 0 fully saturated rings. The first-order valence-electron chi connectivity index (χ1n) is 35.2. The van der Waals surface area contributed by atoms with Crippen LogP contribution in [0.15, 0.2) is 166 Å². The Morgan fingerprint density at radius 3 is 1.07 bits per heavy atom. The van der Waals surface area contributed by atoms with E-state index in [1.54, 1.807) is 109 Å². The van der Waals surface area contributed by atoms with Crippen LogP contribution in [-0.2, 0) is 23.4 Å². The van der Waals surface area contributed by atoms with Crippen molar-refractivity contribution in [2.24, 2.45) is 0 Å². The Balaban J connectivity index is 0.000000379. The summed E-state index contributed by atoms with van der Waals surface area (Å²) in [6.45, 7) is 6.97. The maximum absolute atomic E-state index is 11.7. The zero-order chi connectivity index (χ0) is 87.2. The zero-order valence-corrected chi connectivity index (χ0v) is 89.3. The summed E-state index contributed by atoms with van der Waals surface area (Å²) in [6.07, 6.45) is 40.9. The maximum Gasteiger partial charge on any atom is 1.00 e. The second-order valence-corrected chi connectivity index (χ2v) is 45.7. The van der Waals surface area contributed by atoms with Gasteiger partial charge < -0.3 is 42.2 Å². The van der Waals surface area contributed by atoms with Crippen LogP contribution in [0.5, 0.6) is 23.0 Å². The number of aromatic nitrogens is 20. The van der Waals surface area contributed by atoms with Crippen LogP contribution in [0.4, 0.5) is 23.0 Å². The van der Waals surface area contributed by atoms with E-state index in [9.17, 15) is 4.21 Å². The van der Waals surface area contributed by atoms with Crippen molar-refractivity contribution in [1.29, 1.82) is 0 Å². The third kappa shape index (κ3) is 36.9. The third-order valence-corrected chi connectivity index (χ3v) is 37.8. The molecule has 0 saturated heterocycles. The van der Waals surface area contributed by atoms with Gasteiger partial charge in [0.2, 0.25) is 0 Å². The molecular weight excluding hydrogens is 2190 g/mol. The summed E-state index contributed by atoms with van der Waals surface area (Å²) in [5.41, 5.74) is 4.01. The van der Waals surface area contributed by atoms with Crippen LogP contribution < -0.4 is 62.8 Å². The number of unbranched alkanes of at least 4 members (excludes halogenated alkanes) is 3. The molecule has 642 valence electrons. The van der Waals surface area contributed by atoms with Crippen LogP contribution in [0, 0.1) is 3.70 Å². The standard InChI is InChI=1S/C17H15Cl2N5O3S.C17H15Cl2N5O2S.C9H7ClN4S.C5H5ClN2S.C5H5IN2S.C5H5N2S.C4H2Cl2N2.3C4H9.CH4S.HI.Na.Sn/c1-26-10-7-11(27-2)14(19)16(13(10)18)24-17-15(20-4-5-21-17)9-6-12(28(3)25)23-8-22-9;1-25-10-7-11(26-2)14(19)16(13(10)18)24-17-15(20-4-5-21-17)9-6-12(27-3)23-8-22-9;1-15-7-4-6(13-5-14-7)8-9(10)12-3-2-11-8;2*1-9-5-2-4(6)7-3-8-5;1-8-5-2-3-6-4-7-5;5-3-1-4(6)8-2-7-3;3*1-3-4-2;1-2;;;/h4-8H,1-3H3,(H,21,24);4-8H,1-3H3,(H,21,24);2-5H,1H3;2*2-3H,1H3;2,4H,1H3;1-2H;3*1,3-4H2,2H3;2H,1H3;1H;;/q;;;;;;;;;;;;+1;/p-1. The Hall–Kier alpha value is -4.13. The molecule has 10 aromatic heterocycles. The Bertz CT molecular complexity index is 5010. The van der Waals surface area contributed by atoms with Crippen LogP contribution in [0.2, 0.25) is 54.0 Å². The first-order chi connectivity index (χ1) is 57.5. The topological polar surface area (TPSA) is 336 Å². The Morgan fingerprint density at radius 2 is 0.719 bits per heavy atom. The predicted molar refractivity (Wildman–Crippen MR) is 520 cm³/mol. The molecule has 12 aromatic rings. The molecule has 2 aromatic carbocycles. The van der Waals surface area contributed by atoms with Crippen molar-refractivity contribution in [3.63, 3.8) is 0 Å². The van der Waals surface area contributed by atoms with Gasteiger partial charge in [0.1, 0.15) is 132 Å². The number of benzene rings is 2. The Labute approximate surface area is 831 Å². The molecule has 2 N–H and O–H groups in total. The van der Waals surface area contributed by atoms with Crippen molar-refractivity contribution in [2.45, 2.75) is 103 Å². The number of nitrogens with one attached hydrogen (secondary N) is 2. The molecule has 121 heavy (non-hydrogen) atoms. The third-order valence-electron chi connectivity index (χ3n) is 15.7. The molecular formula is C75H85Cl8I2N22NaO5S7Sn. The molecule has 12 rings (SSSR count). The number of rotatable bonds is 27. The molecule has 0 bridgehead atoms. The molecule has 27 nitrogen and oxygen atoms in total. The van der Waals surface area contributed by atoms with E-state index < -0.39 is 29.2 Å². The molecule has 0 saturated carbocycles. The van der Waals surface area contributed by atoms with Gasteiger partial charge in [-0.25, -0.2) is 89.7 Å². The van der Waals surface area contributed by atoms with Crippen molar-refractivity contribution < 1.29 is 52.7 Å². The SMILES string of the molecule is CCC[CH2][Sn]([CH2]CCC)([CH2]CCC)[c]1cc(SC)ncn1.COc1cc(OC)c(Cl)c(Nc2nccnc2-c2cc(S(C)=O)ncn2)c1Cl.COc1cc(OC)c(Cl)c(Nc2nccnc2-c2cc(SC)ncn2)c1Cl.CSc1cc(-c2nccnc2Cl)ncn1.CSc1cc(Cl)ncn1.CSc1cc(I)ncn1.C[S-].Clc1cc(Cl)ncn1.I.[Na+]. The fraction of sp³-hybridized carbons (Fsp3) is 0.307. The summed E-state index contributed by atoms with van der Waals surface area (Å²) in [5, 5.41) is 14.0.